The van der Waals surface area contributed by atoms with E-state index in [-0.39, 0.29) is 5.54 Å². The summed E-state index contributed by atoms with van der Waals surface area (Å²) in [5.74, 6) is 0. The fourth-order valence-electron chi connectivity index (χ4n) is 1.41. The van der Waals surface area contributed by atoms with Gasteiger partial charge in [-0.25, -0.2) is 0 Å². The molecule has 1 atom stereocenters. The molecule has 11 heavy (non-hydrogen) atoms. The van der Waals surface area contributed by atoms with Gasteiger partial charge >= 0.3 is 0 Å². The number of hydrogen-bond donors (Lipinski definition) is 1. The van der Waals surface area contributed by atoms with Crippen molar-refractivity contribution in [3.63, 3.8) is 0 Å². The molecule has 1 unspecified atom stereocenters. The van der Waals surface area contributed by atoms with E-state index in [0.29, 0.717) is 0 Å². The van der Waals surface area contributed by atoms with Crippen molar-refractivity contribution >= 4 is 0 Å². The maximum atomic E-state index is 6.11. The summed E-state index contributed by atoms with van der Waals surface area (Å²) in [5, 5.41) is 0. The van der Waals surface area contributed by atoms with Crippen LogP contribution < -0.4 is 5.73 Å². The first-order chi connectivity index (χ1) is 5.04. The Morgan fingerprint density at radius 2 is 2.09 bits per heavy atom. The van der Waals surface area contributed by atoms with Crippen LogP contribution in [0, 0.1) is 0 Å². The van der Waals surface area contributed by atoms with Crippen LogP contribution in [-0.4, -0.2) is 5.54 Å². The fourth-order valence-corrected chi connectivity index (χ4v) is 1.41. The summed E-state index contributed by atoms with van der Waals surface area (Å²) in [6.07, 6.45) is 6.54. The summed E-state index contributed by atoms with van der Waals surface area (Å²) in [7, 11) is 0. The van der Waals surface area contributed by atoms with E-state index in [9.17, 15) is 0 Å². The minimum absolute atomic E-state index is 0.0897. The Bertz CT molecular complexity index is 209. The summed E-state index contributed by atoms with van der Waals surface area (Å²) < 4.78 is 0. The fraction of sp³-hybridized carbons (Fsp3) is 0.600. The third kappa shape index (κ3) is 1.72. The van der Waals surface area contributed by atoms with Crippen molar-refractivity contribution in [1.29, 1.82) is 0 Å². The monoisotopic (exact) mass is 151 g/mol. The first-order valence-corrected chi connectivity index (χ1v) is 4.17. The largest absolute Gasteiger partial charge is 0.322 e. The molecule has 1 nitrogen and oxygen atoms in total. The molecule has 0 radical (unpaired) electrons. The molecular formula is C10H17N. The molecule has 0 heterocycles. The molecule has 0 spiro atoms. The third-order valence-electron chi connectivity index (χ3n) is 2.65. The molecule has 0 aromatic heterocycles. The van der Waals surface area contributed by atoms with E-state index in [1.807, 2.05) is 0 Å². The lowest BCUT2D eigenvalue weighted by atomic mass is 9.88. The van der Waals surface area contributed by atoms with E-state index in [0.717, 1.165) is 12.8 Å². The zero-order chi connectivity index (χ0) is 8.48. The molecule has 62 valence electrons. The van der Waals surface area contributed by atoms with E-state index in [2.05, 4.69) is 32.9 Å². The summed E-state index contributed by atoms with van der Waals surface area (Å²) >= 11 is 0. The average molecular weight is 151 g/mol. The van der Waals surface area contributed by atoms with Gasteiger partial charge in [0.15, 0.2) is 0 Å². The second kappa shape index (κ2) is 2.82. The lowest BCUT2D eigenvalue weighted by Crippen LogP contribution is -2.37. The molecule has 0 aromatic rings. The van der Waals surface area contributed by atoms with E-state index < -0.39 is 0 Å². The highest BCUT2D eigenvalue weighted by atomic mass is 14.7. The van der Waals surface area contributed by atoms with Crippen molar-refractivity contribution < 1.29 is 0 Å². The summed E-state index contributed by atoms with van der Waals surface area (Å²) in [5.41, 5.74) is 8.68. The molecular weight excluding hydrogens is 134 g/mol. The Kier molecular flexibility index (Phi) is 2.19. The summed E-state index contributed by atoms with van der Waals surface area (Å²) in [6, 6.07) is 0. The molecule has 1 heteroatoms. The highest BCUT2D eigenvalue weighted by Crippen LogP contribution is 2.25. The Labute approximate surface area is 69.0 Å². The van der Waals surface area contributed by atoms with Gasteiger partial charge in [0.05, 0.1) is 0 Å². The molecule has 0 saturated heterocycles. The first kappa shape index (κ1) is 8.54. The molecule has 2 N–H and O–H groups in total. The van der Waals surface area contributed by atoms with Gasteiger partial charge in [-0.1, -0.05) is 23.3 Å². The van der Waals surface area contributed by atoms with Gasteiger partial charge < -0.3 is 5.73 Å². The van der Waals surface area contributed by atoms with Crippen molar-refractivity contribution in [2.45, 2.75) is 39.2 Å². The zero-order valence-electron chi connectivity index (χ0n) is 7.65. The third-order valence-corrected chi connectivity index (χ3v) is 2.65. The summed E-state index contributed by atoms with van der Waals surface area (Å²) in [4.78, 5) is 0. The quantitative estimate of drug-likeness (QED) is 0.565. The molecule has 1 aliphatic carbocycles. The maximum absolute atomic E-state index is 6.11. The predicted octanol–water partition coefficient (Wildman–Crippen LogP) is 2.39. The van der Waals surface area contributed by atoms with E-state index in [1.165, 1.54) is 11.1 Å². The number of allylic oxidation sites excluding steroid dienone is 3. The summed E-state index contributed by atoms with van der Waals surface area (Å²) in [6.45, 7) is 6.37. The van der Waals surface area contributed by atoms with Gasteiger partial charge in [0.25, 0.3) is 0 Å². The SMILES string of the molecule is CC1=C(C)C(C)(N)CCC=C1. The number of nitrogens with two attached hydrogens (primary N) is 1. The minimum Gasteiger partial charge on any atom is -0.322 e. The Hall–Kier alpha value is -0.560. The van der Waals surface area contributed by atoms with Gasteiger partial charge in [0.2, 0.25) is 0 Å². The van der Waals surface area contributed by atoms with Crippen LogP contribution in [0.4, 0.5) is 0 Å². The van der Waals surface area contributed by atoms with Crippen molar-refractivity contribution in [3.05, 3.63) is 23.3 Å². The molecule has 1 rings (SSSR count). The smallest absolute Gasteiger partial charge is 0.0345 e. The van der Waals surface area contributed by atoms with E-state index >= 15 is 0 Å². The van der Waals surface area contributed by atoms with Crippen LogP contribution in [0.2, 0.25) is 0 Å². The predicted molar refractivity (Wildman–Crippen MR) is 49.3 cm³/mol. The second-order valence-corrected chi connectivity index (χ2v) is 3.67. The van der Waals surface area contributed by atoms with E-state index in [1.54, 1.807) is 0 Å². The van der Waals surface area contributed by atoms with Gasteiger partial charge in [-0.05, 0) is 33.6 Å². The molecule has 0 aromatic carbocycles. The van der Waals surface area contributed by atoms with E-state index in [4.69, 9.17) is 5.73 Å². The molecule has 0 saturated carbocycles. The van der Waals surface area contributed by atoms with Gasteiger partial charge in [-0.2, -0.15) is 0 Å². The van der Waals surface area contributed by atoms with Gasteiger partial charge in [0, 0.05) is 5.54 Å². The standard InChI is InChI=1S/C10H17N/c1-8-6-4-5-7-10(3,11)9(8)2/h4,6H,5,7,11H2,1-3H3. The van der Waals surface area contributed by atoms with Gasteiger partial charge in [-0.3, -0.25) is 0 Å². The normalized spacial score (nSPS) is 32.4. The van der Waals surface area contributed by atoms with Crippen LogP contribution in [0.15, 0.2) is 23.3 Å². The second-order valence-electron chi connectivity index (χ2n) is 3.67. The average Bonchev–Trinajstić information content (AvgIpc) is 2.03. The van der Waals surface area contributed by atoms with Crippen LogP contribution >= 0.6 is 0 Å². The van der Waals surface area contributed by atoms with Crippen molar-refractivity contribution in [3.8, 4) is 0 Å². The van der Waals surface area contributed by atoms with Gasteiger partial charge in [-0.15, -0.1) is 0 Å². The topological polar surface area (TPSA) is 26.0 Å². The van der Waals surface area contributed by atoms with Crippen LogP contribution in [0.25, 0.3) is 0 Å². The minimum atomic E-state index is -0.0897. The molecule has 0 amide bonds. The molecule has 0 bridgehead atoms. The van der Waals surface area contributed by atoms with Crippen LogP contribution in [0.1, 0.15) is 33.6 Å². The Morgan fingerprint density at radius 1 is 1.45 bits per heavy atom. The van der Waals surface area contributed by atoms with Crippen LogP contribution in [0.5, 0.6) is 0 Å². The molecule has 0 fully saturated rings. The highest BCUT2D eigenvalue weighted by molar-refractivity contribution is 5.31. The van der Waals surface area contributed by atoms with Crippen LogP contribution in [-0.2, 0) is 0 Å². The molecule has 0 aliphatic heterocycles. The maximum Gasteiger partial charge on any atom is 0.0345 e. The lowest BCUT2D eigenvalue weighted by molar-refractivity contribution is 0.509. The first-order valence-electron chi connectivity index (χ1n) is 4.17. The number of hydrogen-bond acceptors (Lipinski definition) is 1. The van der Waals surface area contributed by atoms with Crippen molar-refractivity contribution in [2.24, 2.45) is 5.73 Å². The lowest BCUT2D eigenvalue weighted by Gasteiger charge is -2.25. The zero-order valence-corrected chi connectivity index (χ0v) is 7.65. The molecule has 1 aliphatic rings. The van der Waals surface area contributed by atoms with Crippen molar-refractivity contribution in [2.75, 3.05) is 0 Å². The number of rotatable bonds is 0. The van der Waals surface area contributed by atoms with Crippen molar-refractivity contribution in [1.82, 2.24) is 0 Å². The van der Waals surface area contributed by atoms with Gasteiger partial charge in [0.1, 0.15) is 0 Å². The highest BCUT2D eigenvalue weighted by Gasteiger charge is 2.22. The Morgan fingerprint density at radius 3 is 2.73 bits per heavy atom. The Balaban J connectivity index is 2.98. The van der Waals surface area contributed by atoms with Crippen LogP contribution in [0.3, 0.4) is 0 Å².